The molecule has 3 aromatic heterocycles. The second-order valence-electron chi connectivity index (χ2n) is 11.6. The van der Waals surface area contributed by atoms with E-state index in [0.29, 0.717) is 41.3 Å². The largest absolute Gasteiger partial charge is 0.475 e. The Bertz CT molecular complexity index is 2120. The fourth-order valence-electron chi connectivity index (χ4n) is 5.24. The molecule has 5 rings (SSSR count). The molecule has 0 saturated heterocycles. The fourth-order valence-corrected chi connectivity index (χ4v) is 5.24. The van der Waals surface area contributed by atoms with Gasteiger partial charge in [-0.1, -0.05) is 36.4 Å². The Kier molecular flexibility index (Phi) is 12.1. The summed E-state index contributed by atoms with van der Waals surface area (Å²) in [6.45, 7) is 10.9. The standard InChI is InChI=1S/C40H36N6O5/c1-26-35(24-49-29(4)45-28(3)48-22-32-13-30(15-41)17-43-19-32)7-5-9-37(26)38-10-6-8-36(27(38)2)25-50-39-12-11-34(21-47)40(46-39)51-23-33-14-31(16-42)18-44-20-33/h5-14,17-21,29,45H,3,22-25H2,1-2,4H3. The van der Waals surface area contributed by atoms with E-state index in [1.807, 2.05) is 37.3 Å². The number of benzene rings is 2. The minimum absolute atomic E-state index is 0.0853. The van der Waals surface area contributed by atoms with Crippen LogP contribution < -0.4 is 14.8 Å². The van der Waals surface area contributed by atoms with E-state index >= 15 is 0 Å². The van der Waals surface area contributed by atoms with Gasteiger partial charge in [0.2, 0.25) is 11.8 Å². The van der Waals surface area contributed by atoms with Crippen molar-refractivity contribution in [1.82, 2.24) is 20.3 Å². The second-order valence-corrected chi connectivity index (χ2v) is 11.6. The molecule has 1 unspecified atom stereocenters. The summed E-state index contributed by atoms with van der Waals surface area (Å²) in [6, 6.07) is 23.0. The number of ether oxygens (including phenoxy) is 4. The first-order valence-electron chi connectivity index (χ1n) is 16.0. The van der Waals surface area contributed by atoms with Crippen molar-refractivity contribution in [3.8, 4) is 35.0 Å². The van der Waals surface area contributed by atoms with E-state index in [0.717, 1.165) is 38.9 Å². The summed E-state index contributed by atoms with van der Waals surface area (Å²) in [7, 11) is 0. The summed E-state index contributed by atoms with van der Waals surface area (Å²) in [6.07, 6.45) is 6.50. The van der Waals surface area contributed by atoms with E-state index in [4.69, 9.17) is 29.5 Å². The second kappa shape index (κ2) is 17.2. The Morgan fingerprint density at radius 1 is 0.824 bits per heavy atom. The normalized spacial score (nSPS) is 11.1. The third-order valence-electron chi connectivity index (χ3n) is 8.04. The summed E-state index contributed by atoms with van der Waals surface area (Å²) in [5.74, 6) is 0.787. The van der Waals surface area contributed by atoms with Crippen LogP contribution in [-0.4, -0.2) is 27.5 Å². The highest BCUT2D eigenvalue weighted by molar-refractivity contribution is 5.78. The number of rotatable bonds is 16. The number of hydrogen-bond acceptors (Lipinski definition) is 11. The molecule has 5 aromatic rings. The number of aromatic nitrogens is 3. The van der Waals surface area contributed by atoms with Gasteiger partial charge in [0.15, 0.2) is 12.2 Å². The SMILES string of the molecule is C=C(NC(C)OCc1cccc(-c2cccc(COc3ccc(C=O)c(OCc4cncc(C#N)c4)n3)c2C)c1C)OCc1cncc(C#N)c1. The lowest BCUT2D eigenvalue weighted by atomic mass is 9.92. The monoisotopic (exact) mass is 680 g/mol. The molecule has 0 aliphatic carbocycles. The van der Waals surface area contributed by atoms with Gasteiger partial charge in [-0.3, -0.25) is 14.8 Å². The third kappa shape index (κ3) is 9.54. The highest BCUT2D eigenvalue weighted by atomic mass is 16.5. The molecule has 0 saturated carbocycles. The van der Waals surface area contributed by atoms with Crippen LogP contribution >= 0.6 is 0 Å². The van der Waals surface area contributed by atoms with Crippen molar-refractivity contribution in [2.45, 2.75) is 53.4 Å². The Labute approximate surface area is 296 Å². The van der Waals surface area contributed by atoms with Crippen molar-refractivity contribution in [2.75, 3.05) is 0 Å². The smallest absolute Gasteiger partial charge is 0.227 e. The molecule has 0 amide bonds. The van der Waals surface area contributed by atoms with E-state index < -0.39 is 0 Å². The number of carbonyl (C=O) groups excluding carboxylic acids is 1. The molecule has 0 radical (unpaired) electrons. The lowest BCUT2D eigenvalue weighted by molar-refractivity contribution is 0.0197. The lowest BCUT2D eigenvalue weighted by Crippen LogP contribution is -2.28. The Balaban J connectivity index is 1.20. The van der Waals surface area contributed by atoms with Crippen LogP contribution in [0, 0.1) is 36.5 Å². The van der Waals surface area contributed by atoms with E-state index in [-0.39, 0.29) is 37.5 Å². The minimum Gasteiger partial charge on any atom is -0.475 e. The van der Waals surface area contributed by atoms with Crippen LogP contribution in [0.1, 0.15) is 61.8 Å². The van der Waals surface area contributed by atoms with Crippen molar-refractivity contribution in [3.63, 3.8) is 0 Å². The molecule has 51 heavy (non-hydrogen) atoms. The molecule has 0 aliphatic rings. The summed E-state index contributed by atoms with van der Waals surface area (Å²) in [4.78, 5) is 24.2. The molecule has 11 nitrogen and oxygen atoms in total. The average molecular weight is 681 g/mol. The van der Waals surface area contributed by atoms with Gasteiger partial charge in [-0.15, -0.1) is 0 Å². The highest BCUT2D eigenvalue weighted by Crippen LogP contribution is 2.31. The number of nitriles is 2. The van der Waals surface area contributed by atoms with Gasteiger partial charge in [0, 0.05) is 42.0 Å². The first kappa shape index (κ1) is 35.7. The van der Waals surface area contributed by atoms with E-state index in [9.17, 15) is 4.79 Å². The zero-order valence-corrected chi connectivity index (χ0v) is 28.6. The van der Waals surface area contributed by atoms with Crippen molar-refractivity contribution in [1.29, 1.82) is 10.5 Å². The van der Waals surface area contributed by atoms with E-state index in [1.165, 1.54) is 12.4 Å². The van der Waals surface area contributed by atoms with Gasteiger partial charge < -0.3 is 24.3 Å². The van der Waals surface area contributed by atoms with E-state index in [2.05, 4.69) is 58.9 Å². The summed E-state index contributed by atoms with van der Waals surface area (Å²) in [5.41, 5.74) is 8.92. The molecule has 1 atom stereocenters. The van der Waals surface area contributed by atoms with Gasteiger partial charge in [0.05, 0.1) is 23.3 Å². The van der Waals surface area contributed by atoms with Crippen LogP contribution in [0.15, 0.2) is 97.9 Å². The molecule has 11 heteroatoms. The number of pyridine rings is 3. The number of carbonyl (C=O) groups is 1. The minimum atomic E-state index is -0.377. The molecule has 0 spiro atoms. The van der Waals surface area contributed by atoms with Crippen molar-refractivity contribution in [2.24, 2.45) is 0 Å². The van der Waals surface area contributed by atoms with Gasteiger partial charge in [0.25, 0.3) is 0 Å². The maximum Gasteiger partial charge on any atom is 0.227 e. The van der Waals surface area contributed by atoms with Crippen molar-refractivity contribution in [3.05, 3.63) is 148 Å². The van der Waals surface area contributed by atoms with Gasteiger partial charge in [-0.05, 0) is 78.9 Å². The van der Waals surface area contributed by atoms with Gasteiger partial charge in [-0.2, -0.15) is 15.5 Å². The molecule has 0 fully saturated rings. The van der Waals surface area contributed by atoms with Crippen LogP contribution in [0.2, 0.25) is 0 Å². The van der Waals surface area contributed by atoms with Crippen molar-refractivity contribution < 1.29 is 23.7 Å². The Morgan fingerprint density at radius 3 is 2.04 bits per heavy atom. The van der Waals surface area contributed by atoms with Crippen molar-refractivity contribution >= 4 is 6.29 Å². The summed E-state index contributed by atoms with van der Waals surface area (Å²) >= 11 is 0. The van der Waals surface area contributed by atoms with Gasteiger partial charge >= 0.3 is 0 Å². The maximum atomic E-state index is 11.7. The molecule has 1 N–H and O–H groups in total. The molecule has 256 valence electrons. The van der Waals surface area contributed by atoms with Crippen LogP contribution in [0.25, 0.3) is 11.1 Å². The van der Waals surface area contributed by atoms with E-state index in [1.54, 1.807) is 36.7 Å². The summed E-state index contributed by atoms with van der Waals surface area (Å²) in [5, 5.41) is 21.3. The van der Waals surface area contributed by atoms with Crippen LogP contribution in [-0.2, 0) is 35.9 Å². The lowest BCUT2D eigenvalue weighted by Gasteiger charge is -2.20. The molecule has 0 aliphatic heterocycles. The molecule has 2 aromatic carbocycles. The summed E-state index contributed by atoms with van der Waals surface area (Å²) < 4.78 is 23.7. The number of nitrogens with zero attached hydrogens (tertiary/aromatic N) is 5. The van der Waals surface area contributed by atoms with Crippen LogP contribution in [0.3, 0.4) is 0 Å². The van der Waals surface area contributed by atoms with Crippen LogP contribution in [0.4, 0.5) is 0 Å². The Morgan fingerprint density at radius 2 is 1.43 bits per heavy atom. The first-order valence-corrected chi connectivity index (χ1v) is 16.0. The highest BCUT2D eigenvalue weighted by Gasteiger charge is 2.14. The quantitative estimate of drug-likeness (QED) is 0.0651. The maximum absolute atomic E-state index is 11.7. The number of nitrogens with one attached hydrogen (secondary N) is 1. The predicted octanol–water partition coefficient (Wildman–Crippen LogP) is 7.01. The van der Waals surface area contributed by atoms with Gasteiger partial charge in [-0.25, -0.2) is 0 Å². The zero-order valence-electron chi connectivity index (χ0n) is 28.6. The number of aldehydes is 1. The average Bonchev–Trinajstić information content (AvgIpc) is 3.15. The Hall–Kier alpha value is -6.56. The number of hydrogen-bond donors (Lipinski definition) is 1. The zero-order chi connectivity index (χ0) is 36.2. The predicted molar refractivity (Wildman–Crippen MR) is 189 cm³/mol. The molecule has 3 heterocycles. The fraction of sp³-hybridized carbons (Fsp3) is 0.200. The third-order valence-corrected chi connectivity index (χ3v) is 8.04. The van der Waals surface area contributed by atoms with Gasteiger partial charge in [0.1, 0.15) is 38.2 Å². The molecule has 0 bridgehead atoms. The molecular weight excluding hydrogens is 644 g/mol. The first-order chi connectivity index (χ1) is 24.8. The topological polar surface area (TPSA) is 152 Å². The van der Waals surface area contributed by atoms with Crippen LogP contribution in [0.5, 0.6) is 11.8 Å². The molecular formula is C40H36N6O5.